The summed E-state index contributed by atoms with van der Waals surface area (Å²) >= 11 is 0. The van der Waals surface area contributed by atoms with Gasteiger partial charge in [0, 0.05) is 12.0 Å². The van der Waals surface area contributed by atoms with Crippen LogP contribution in [0.25, 0.3) is 0 Å². The van der Waals surface area contributed by atoms with Gasteiger partial charge in [0.25, 0.3) is 0 Å². The van der Waals surface area contributed by atoms with Gasteiger partial charge in [0.1, 0.15) is 0 Å². The molecular formula is C14H25NO. The third-order valence-electron chi connectivity index (χ3n) is 4.06. The molecule has 2 nitrogen and oxygen atoms in total. The van der Waals surface area contributed by atoms with Crippen molar-refractivity contribution in [3.63, 3.8) is 0 Å². The molecule has 1 aliphatic rings. The summed E-state index contributed by atoms with van der Waals surface area (Å²) < 4.78 is 0. The Hall–Kier alpha value is -0.630. The fraction of sp³-hybridized carbons (Fsp3) is 0.786. The van der Waals surface area contributed by atoms with Crippen molar-refractivity contribution in [1.82, 2.24) is 0 Å². The number of Topliss-reactive ketones (excluding diaryl/α,β-unsaturated/α-hetero) is 1. The predicted octanol–water partition coefficient (Wildman–Crippen LogP) is 3.21. The summed E-state index contributed by atoms with van der Waals surface area (Å²) in [6.07, 6.45) is 9.53. The summed E-state index contributed by atoms with van der Waals surface area (Å²) in [5, 5.41) is 0. The van der Waals surface area contributed by atoms with E-state index in [4.69, 9.17) is 5.73 Å². The first-order valence-electron chi connectivity index (χ1n) is 6.64. The summed E-state index contributed by atoms with van der Waals surface area (Å²) in [6, 6.07) is 0. The van der Waals surface area contributed by atoms with E-state index in [0.717, 1.165) is 37.7 Å². The van der Waals surface area contributed by atoms with E-state index in [9.17, 15) is 4.79 Å². The average Bonchev–Trinajstić information content (AvgIpc) is 2.60. The first-order chi connectivity index (χ1) is 7.70. The van der Waals surface area contributed by atoms with Crippen molar-refractivity contribution >= 4 is 5.78 Å². The Morgan fingerprint density at radius 3 is 2.56 bits per heavy atom. The molecule has 2 heteroatoms. The molecule has 0 aromatic rings. The topological polar surface area (TPSA) is 43.1 Å². The second kappa shape index (κ2) is 6.19. The van der Waals surface area contributed by atoms with Gasteiger partial charge in [-0.2, -0.15) is 0 Å². The molecule has 0 radical (unpaired) electrons. The van der Waals surface area contributed by atoms with Gasteiger partial charge in [0.05, 0.1) is 0 Å². The summed E-state index contributed by atoms with van der Waals surface area (Å²) in [5.41, 5.74) is 6.58. The molecule has 0 aromatic carbocycles. The highest BCUT2D eigenvalue weighted by molar-refractivity contribution is 6.00. The molecule has 0 bridgehead atoms. The Kier molecular flexibility index (Phi) is 5.20. The zero-order valence-electron chi connectivity index (χ0n) is 10.7. The fourth-order valence-electron chi connectivity index (χ4n) is 2.51. The molecule has 92 valence electrons. The van der Waals surface area contributed by atoms with E-state index in [1.54, 1.807) is 0 Å². The van der Waals surface area contributed by atoms with Crippen LogP contribution in [0, 0.1) is 5.41 Å². The minimum Gasteiger partial charge on any atom is -0.329 e. The molecule has 0 aromatic heterocycles. The first-order valence-corrected chi connectivity index (χ1v) is 6.64. The Balaban J connectivity index is 2.84. The second-order valence-corrected chi connectivity index (χ2v) is 4.85. The summed E-state index contributed by atoms with van der Waals surface area (Å²) in [5.74, 6) is 0.321. The van der Waals surface area contributed by atoms with Gasteiger partial charge < -0.3 is 5.73 Å². The highest BCUT2D eigenvalue weighted by atomic mass is 16.1. The molecular weight excluding hydrogens is 198 g/mol. The normalized spacial score (nSPS) is 17.8. The average molecular weight is 223 g/mol. The maximum atomic E-state index is 12.5. The van der Waals surface area contributed by atoms with Gasteiger partial charge in [-0.15, -0.1) is 0 Å². The summed E-state index contributed by atoms with van der Waals surface area (Å²) in [7, 11) is 0. The number of hydrogen-bond acceptors (Lipinski definition) is 2. The van der Waals surface area contributed by atoms with Crippen molar-refractivity contribution < 1.29 is 4.79 Å². The third-order valence-corrected chi connectivity index (χ3v) is 4.06. The number of nitrogens with two attached hydrogens (primary N) is 1. The smallest absolute Gasteiger partial charge is 0.165 e. The number of hydrogen-bond donors (Lipinski definition) is 1. The van der Waals surface area contributed by atoms with Crippen LogP contribution in [-0.2, 0) is 4.79 Å². The third kappa shape index (κ3) is 2.73. The van der Waals surface area contributed by atoms with Crippen LogP contribution < -0.4 is 5.73 Å². The summed E-state index contributed by atoms with van der Waals surface area (Å²) in [6.45, 7) is 4.63. The van der Waals surface area contributed by atoms with Crippen molar-refractivity contribution in [2.45, 2.75) is 58.8 Å². The molecule has 0 heterocycles. The van der Waals surface area contributed by atoms with Crippen LogP contribution in [0.3, 0.4) is 0 Å². The van der Waals surface area contributed by atoms with E-state index in [1.165, 1.54) is 12.8 Å². The molecule has 0 amide bonds. The van der Waals surface area contributed by atoms with Crippen LogP contribution in [0.5, 0.6) is 0 Å². The lowest BCUT2D eigenvalue weighted by molar-refractivity contribution is -0.125. The molecule has 2 N–H and O–H groups in total. The van der Waals surface area contributed by atoms with E-state index in [2.05, 4.69) is 19.9 Å². The van der Waals surface area contributed by atoms with Crippen LogP contribution in [-0.4, -0.2) is 12.3 Å². The van der Waals surface area contributed by atoms with Gasteiger partial charge in [-0.1, -0.05) is 26.3 Å². The van der Waals surface area contributed by atoms with Gasteiger partial charge in [-0.25, -0.2) is 0 Å². The molecule has 1 aliphatic carbocycles. The second-order valence-electron chi connectivity index (χ2n) is 4.85. The standard InChI is InChI=1S/C14H25NO/c1-3-14(4-2,11-15)13(16)12-9-7-5-6-8-10-12/h9H,3-8,10-11,15H2,1-2H3. The zero-order valence-corrected chi connectivity index (χ0v) is 10.7. The molecule has 0 aliphatic heterocycles. The van der Waals surface area contributed by atoms with Crippen LogP contribution >= 0.6 is 0 Å². The monoisotopic (exact) mass is 223 g/mol. The zero-order chi connectivity index (χ0) is 12.0. The summed E-state index contributed by atoms with van der Waals surface area (Å²) in [4.78, 5) is 12.5. The van der Waals surface area contributed by atoms with Crippen molar-refractivity contribution in [2.24, 2.45) is 11.1 Å². The van der Waals surface area contributed by atoms with Gasteiger partial charge in [0.15, 0.2) is 5.78 Å². The Morgan fingerprint density at radius 2 is 2.00 bits per heavy atom. The maximum Gasteiger partial charge on any atom is 0.165 e. The molecule has 1 rings (SSSR count). The predicted molar refractivity (Wildman–Crippen MR) is 68.2 cm³/mol. The molecule has 0 atom stereocenters. The number of carbonyl (C=O) groups is 1. The van der Waals surface area contributed by atoms with Crippen molar-refractivity contribution in [1.29, 1.82) is 0 Å². The minimum atomic E-state index is -0.295. The highest BCUT2D eigenvalue weighted by Gasteiger charge is 2.34. The lowest BCUT2D eigenvalue weighted by Gasteiger charge is -2.29. The lowest BCUT2D eigenvalue weighted by Crippen LogP contribution is -2.38. The van der Waals surface area contributed by atoms with E-state index in [1.807, 2.05) is 0 Å². The van der Waals surface area contributed by atoms with E-state index in [0.29, 0.717) is 12.3 Å². The van der Waals surface area contributed by atoms with Crippen LogP contribution in [0.4, 0.5) is 0 Å². The molecule has 0 saturated heterocycles. The van der Waals surface area contributed by atoms with E-state index >= 15 is 0 Å². The maximum absolute atomic E-state index is 12.5. The SMILES string of the molecule is CCC(CC)(CN)C(=O)C1=CCCCCC1. The van der Waals surface area contributed by atoms with E-state index < -0.39 is 0 Å². The van der Waals surface area contributed by atoms with Crippen molar-refractivity contribution in [3.05, 3.63) is 11.6 Å². The number of ketones is 1. The first kappa shape index (κ1) is 13.4. The highest BCUT2D eigenvalue weighted by Crippen LogP contribution is 2.32. The van der Waals surface area contributed by atoms with E-state index in [-0.39, 0.29) is 5.41 Å². The van der Waals surface area contributed by atoms with Gasteiger partial charge in [-0.05, 0) is 44.1 Å². The molecule has 0 saturated carbocycles. The molecule has 0 spiro atoms. The largest absolute Gasteiger partial charge is 0.329 e. The minimum absolute atomic E-state index is 0.295. The Labute approximate surface area is 99.3 Å². The Morgan fingerprint density at radius 1 is 1.31 bits per heavy atom. The fourth-order valence-corrected chi connectivity index (χ4v) is 2.51. The van der Waals surface area contributed by atoms with Gasteiger partial charge in [0.2, 0.25) is 0 Å². The molecule has 16 heavy (non-hydrogen) atoms. The molecule has 0 fully saturated rings. The molecule has 0 unspecified atom stereocenters. The van der Waals surface area contributed by atoms with Crippen LogP contribution in [0.15, 0.2) is 11.6 Å². The number of carbonyl (C=O) groups excluding carboxylic acids is 1. The van der Waals surface area contributed by atoms with Crippen LogP contribution in [0.2, 0.25) is 0 Å². The number of allylic oxidation sites excluding steroid dienone is 2. The van der Waals surface area contributed by atoms with Gasteiger partial charge in [-0.3, -0.25) is 4.79 Å². The van der Waals surface area contributed by atoms with Crippen molar-refractivity contribution in [3.8, 4) is 0 Å². The lowest BCUT2D eigenvalue weighted by atomic mass is 9.75. The van der Waals surface area contributed by atoms with Crippen molar-refractivity contribution in [2.75, 3.05) is 6.54 Å². The van der Waals surface area contributed by atoms with Crippen LogP contribution in [0.1, 0.15) is 58.8 Å². The Bertz CT molecular complexity index is 256. The van der Waals surface area contributed by atoms with Gasteiger partial charge >= 0.3 is 0 Å². The number of rotatable bonds is 5. The quantitative estimate of drug-likeness (QED) is 0.777.